The predicted octanol–water partition coefficient (Wildman–Crippen LogP) is 4.91. The van der Waals surface area contributed by atoms with Crippen LogP contribution in [-0.2, 0) is 14.9 Å². The van der Waals surface area contributed by atoms with Crippen molar-refractivity contribution in [2.24, 2.45) is 5.92 Å². The van der Waals surface area contributed by atoms with Crippen LogP contribution in [0, 0.1) is 17.2 Å². The number of benzene rings is 1. The first kappa shape index (κ1) is 26.9. The van der Waals surface area contributed by atoms with Gasteiger partial charge in [-0.2, -0.15) is 5.26 Å². The van der Waals surface area contributed by atoms with Crippen LogP contribution in [-0.4, -0.2) is 55.4 Å². The van der Waals surface area contributed by atoms with Crippen LogP contribution < -0.4 is 14.9 Å². The van der Waals surface area contributed by atoms with Crippen LogP contribution in [0.5, 0.6) is 5.88 Å². The number of hydrogen-bond acceptors (Lipinski definition) is 9. The highest BCUT2D eigenvalue weighted by molar-refractivity contribution is 6.70. The summed E-state index contributed by atoms with van der Waals surface area (Å²) in [5.41, 5.74) is 3.66. The van der Waals surface area contributed by atoms with Crippen LogP contribution in [0.3, 0.4) is 0 Å². The number of anilines is 3. The minimum absolute atomic E-state index is 0.326. The highest BCUT2D eigenvalue weighted by Crippen LogP contribution is 2.45. The zero-order valence-corrected chi connectivity index (χ0v) is 22.7. The lowest BCUT2D eigenvalue weighted by Gasteiger charge is -2.26. The van der Waals surface area contributed by atoms with Gasteiger partial charge in [0, 0.05) is 42.2 Å². The summed E-state index contributed by atoms with van der Waals surface area (Å²) in [6, 6.07) is 9.62. The molecule has 1 fully saturated rings. The van der Waals surface area contributed by atoms with Gasteiger partial charge >= 0.3 is 7.41 Å². The molecule has 1 aliphatic heterocycles. The number of carbonyl (C=O) groups excluding carboxylic acids is 1. The summed E-state index contributed by atoms with van der Waals surface area (Å²) in [5.74, 6) is 1.56. The monoisotopic (exact) mass is 543 g/mol. The standard InChI is InChI=1S/C28H29BClN6O3/c1-28(16-39-9-3-4-18-5-6-18)15-36(29-17-37)25-20(13-31)10-19(11-22(25)28)23-7-8-32-27(34-23)35-24-12-21(30)14-33-26(24)38-2/h7-8,10-12,14,17-18H,3-6,9,15-16H2,1-2H3,(H,32,34,35). The zero-order chi connectivity index (χ0) is 27.4. The highest BCUT2D eigenvalue weighted by Gasteiger charge is 2.41. The van der Waals surface area contributed by atoms with Gasteiger partial charge in [0.05, 0.1) is 30.0 Å². The van der Waals surface area contributed by atoms with Gasteiger partial charge in [0.1, 0.15) is 17.9 Å². The number of nitrogens with zero attached hydrogens (tertiary/aromatic N) is 5. The van der Waals surface area contributed by atoms with Crippen molar-refractivity contribution < 1.29 is 14.3 Å². The molecule has 0 bridgehead atoms. The summed E-state index contributed by atoms with van der Waals surface area (Å²) in [7, 11) is 3.00. The van der Waals surface area contributed by atoms with Crippen molar-refractivity contribution in [2.45, 2.75) is 38.0 Å². The molecule has 1 saturated carbocycles. The fraction of sp³-hybridized carbons (Fsp3) is 0.393. The molecule has 1 atom stereocenters. The number of nitriles is 1. The zero-order valence-electron chi connectivity index (χ0n) is 22.0. The van der Waals surface area contributed by atoms with E-state index in [-0.39, 0.29) is 0 Å². The second-order valence-electron chi connectivity index (χ2n) is 10.2. The summed E-state index contributed by atoms with van der Waals surface area (Å²) < 4.78 is 11.5. The Balaban J connectivity index is 1.45. The number of ether oxygens (including phenoxy) is 2. The molecule has 1 aliphatic carbocycles. The average molecular weight is 544 g/mol. The summed E-state index contributed by atoms with van der Waals surface area (Å²) in [6.45, 7) is 3.84. The van der Waals surface area contributed by atoms with Crippen LogP contribution in [0.25, 0.3) is 11.3 Å². The SMILES string of the molecule is COc1ncc(Cl)cc1Nc1nccc(-c2cc(C#N)c3c(c2)C(C)(COCCCC2CC2)CN3[B]C=O)n1. The predicted molar refractivity (Wildman–Crippen MR) is 151 cm³/mol. The van der Waals surface area contributed by atoms with Crippen LogP contribution in [0.4, 0.5) is 17.3 Å². The van der Waals surface area contributed by atoms with E-state index in [9.17, 15) is 10.1 Å². The number of halogens is 1. The van der Waals surface area contributed by atoms with Crippen LogP contribution in [0.15, 0.2) is 36.7 Å². The normalized spacial score (nSPS) is 17.8. The number of pyridine rings is 1. The van der Waals surface area contributed by atoms with Crippen LogP contribution >= 0.6 is 11.6 Å². The molecule has 1 aromatic carbocycles. The van der Waals surface area contributed by atoms with Crippen molar-refractivity contribution in [3.63, 3.8) is 0 Å². The van der Waals surface area contributed by atoms with Crippen molar-refractivity contribution in [3.8, 4) is 23.2 Å². The van der Waals surface area contributed by atoms with Crippen LogP contribution in [0.1, 0.15) is 43.7 Å². The number of rotatable bonds is 12. The van der Waals surface area contributed by atoms with Crippen molar-refractivity contribution >= 4 is 42.5 Å². The fourth-order valence-electron chi connectivity index (χ4n) is 5.06. The topological polar surface area (TPSA) is 113 Å². The molecule has 11 heteroatoms. The third-order valence-electron chi connectivity index (χ3n) is 7.16. The quantitative estimate of drug-likeness (QED) is 0.193. The van der Waals surface area contributed by atoms with E-state index < -0.39 is 5.41 Å². The van der Waals surface area contributed by atoms with Gasteiger partial charge in [0.15, 0.2) is 0 Å². The molecular weight excluding hydrogens is 515 g/mol. The summed E-state index contributed by atoms with van der Waals surface area (Å²) in [4.78, 5) is 26.5. The lowest BCUT2D eigenvalue weighted by Crippen LogP contribution is -2.37. The van der Waals surface area contributed by atoms with E-state index in [1.807, 2.05) is 10.9 Å². The number of fused-ring (bicyclic) bond motifs is 1. The Labute approximate surface area is 233 Å². The Bertz CT molecular complexity index is 1410. The maximum atomic E-state index is 11.4. The van der Waals surface area contributed by atoms with Gasteiger partial charge in [-0.05, 0) is 48.6 Å². The van der Waals surface area contributed by atoms with E-state index in [0.717, 1.165) is 35.3 Å². The van der Waals surface area contributed by atoms with E-state index in [0.29, 0.717) is 53.6 Å². The second kappa shape index (κ2) is 11.6. The Kier molecular flexibility index (Phi) is 8.01. The largest absolute Gasteiger partial charge is 0.480 e. The summed E-state index contributed by atoms with van der Waals surface area (Å²) in [6.07, 6.45) is 8.82. The first-order chi connectivity index (χ1) is 18.9. The van der Waals surface area contributed by atoms with Crippen molar-refractivity contribution in [3.05, 3.63) is 52.8 Å². The maximum Gasteiger partial charge on any atom is 0.329 e. The van der Waals surface area contributed by atoms with Crippen LogP contribution in [0.2, 0.25) is 5.02 Å². The number of aromatic nitrogens is 3. The minimum Gasteiger partial charge on any atom is -0.480 e. The molecule has 9 nitrogen and oxygen atoms in total. The third kappa shape index (κ3) is 6.00. The van der Waals surface area contributed by atoms with Crippen molar-refractivity contribution in [1.82, 2.24) is 15.0 Å². The van der Waals surface area contributed by atoms with Gasteiger partial charge in [-0.25, -0.2) is 15.0 Å². The molecule has 2 aliphatic rings. The Morgan fingerprint density at radius 1 is 1.33 bits per heavy atom. The fourth-order valence-corrected chi connectivity index (χ4v) is 5.22. The smallest absolute Gasteiger partial charge is 0.329 e. The summed E-state index contributed by atoms with van der Waals surface area (Å²) in [5, 5.41) is 13.6. The molecule has 3 aromatic rings. The van der Waals surface area contributed by atoms with Gasteiger partial charge in [-0.15, -0.1) is 0 Å². The summed E-state index contributed by atoms with van der Waals surface area (Å²) >= 11 is 6.12. The Morgan fingerprint density at radius 3 is 2.92 bits per heavy atom. The molecule has 39 heavy (non-hydrogen) atoms. The molecule has 5 rings (SSSR count). The van der Waals surface area contributed by atoms with E-state index in [1.54, 1.807) is 24.4 Å². The van der Waals surface area contributed by atoms with E-state index in [1.165, 1.54) is 40.0 Å². The number of methoxy groups -OCH3 is 1. The molecule has 0 amide bonds. The number of hydrogen-bond donors (Lipinski definition) is 1. The average Bonchev–Trinajstić information content (AvgIpc) is 3.72. The molecule has 0 spiro atoms. The van der Waals surface area contributed by atoms with Crippen molar-refractivity contribution in [2.75, 3.05) is 37.0 Å². The first-order valence-corrected chi connectivity index (χ1v) is 13.3. The number of carbonyl (C=O) groups is 1. The molecule has 0 saturated heterocycles. The molecule has 1 radical (unpaired) electrons. The van der Waals surface area contributed by atoms with Gasteiger partial charge in [0.2, 0.25) is 11.8 Å². The highest BCUT2D eigenvalue weighted by atomic mass is 35.5. The lowest BCUT2D eigenvalue weighted by molar-refractivity contribution is 0.0906. The van der Waals surface area contributed by atoms with E-state index in [2.05, 4.69) is 33.3 Å². The lowest BCUT2D eigenvalue weighted by atomic mass is 9.83. The third-order valence-corrected chi connectivity index (χ3v) is 7.36. The second-order valence-corrected chi connectivity index (χ2v) is 10.7. The van der Waals surface area contributed by atoms with Crippen molar-refractivity contribution in [1.29, 1.82) is 5.26 Å². The maximum absolute atomic E-state index is 11.4. The van der Waals surface area contributed by atoms with Gasteiger partial charge in [-0.3, -0.25) is 0 Å². The van der Waals surface area contributed by atoms with Gasteiger partial charge in [-0.1, -0.05) is 31.4 Å². The van der Waals surface area contributed by atoms with E-state index >= 15 is 0 Å². The first-order valence-electron chi connectivity index (χ1n) is 13.0. The number of nitrogens with one attached hydrogen (secondary N) is 1. The molecular formula is C28H29BClN6O3. The molecule has 3 heterocycles. The molecule has 2 aromatic heterocycles. The minimum atomic E-state index is -0.413. The van der Waals surface area contributed by atoms with Gasteiger partial charge < -0.3 is 24.4 Å². The molecule has 1 unspecified atom stereocenters. The Hall–Kier alpha value is -3.68. The Morgan fingerprint density at radius 2 is 2.18 bits per heavy atom. The molecule has 199 valence electrons. The van der Waals surface area contributed by atoms with Gasteiger partial charge in [0.25, 0.3) is 0 Å². The van der Waals surface area contributed by atoms with E-state index in [4.69, 9.17) is 21.1 Å². The molecule has 1 N–H and O–H groups in total.